The Kier molecular flexibility index (Phi) is 5.45. The molecule has 0 aliphatic rings. The Morgan fingerprint density at radius 3 is 2.43 bits per heavy atom. The van der Waals surface area contributed by atoms with E-state index < -0.39 is 11.8 Å². The van der Waals surface area contributed by atoms with E-state index in [9.17, 15) is 9.59 Å². The minimum Gasteiger partial charge on any atom is -0.495 e. The van der Waals surface area contributed by atoms with Gasteiger partial charge in [-0.25, -0.2) is 4.98 Å². The van der Waals surface area contributed by atoms with Gasteiger partial charge in [-0.3, -0.25) is 9.59 Å². The molecule has 0 atom stereocenters. The van der Waals surface area contributed by atoms with E-state index in [1.165, 1.54) is 12.7 Å². The van der Waals surface area contributed by atoms with Gasteiger partial charge in [0.1, 0.15) is 10.8 Å². The number of aryl methyl sites for hydroxylation is 1. The number of anilines is 2. The number of nitrogens with zero attached hydrogens (tertiary/aromatic N) is 1. The second kappa shape index (κ2) is 8.34. The van der Waals surface area contributed by atoms with Crippen molar-refractivity contribution in [3.05, 3.63) is 72.3 Å². The van der Waals surface area contributed by atoms with Crippen LogP contribution in [0.5, 0.6) is 5.75 Å². The molecule has 0 spiro atoms. The summed E-state index contributed by atoms with van der Waals surface area (Å²) in [6.45, 7) is 2.06. The molecular formula is C23H19N3O3S. The van der Waals surface area contributed by atoms with Gasteiger partial charge >= 0.3 is 11.8 Å². The first-order valence-corrected chi connectivity index (χ1v) is 10.1. The summed E-state index contributed by atoms with van der Waals surface area (Å²) in [5.41, 5.74) is 4.07. The number of benzene rings is 3. The first kappa shape index (κ1) is 19.6. The third-order valence-corrected chi connectivity index (χ3v) is 5.56. The van der Waals surface area contributed by atoms with Crippen molar-refractivity contribution in [1.29, 1.82) is 0 Å². The third kappa shape index (κ3) is 4.16. The average Bonchev–Trinajstić information content (AvgIpc) is 3.17. The van der Waals surface area contributed by atoms with E-state index in [4.69, 9.17) is 4.74 Å². The predicted molar refractivity (Wildman–Crippen MR) is 120 cm³/mol. The smallest absolute Gasteiger partial charge is 0.314 e. The van der Waals surface area contributed by atoms with Crippen molar-refractivity contribution in [1.82, 2.24) is 4.98 Å². The first-order chi connectivity index (χ1) is 14.5. The summed E-state index contributed by atoms with van der Waals surface area (Å²) in [5, 5.41) is 6.06. The molecule has 0 unspecified atom stereocenters. The lowest BCUT2D eigenvalue weighted by atomic mass is 10.2. The molecule has 2 N–H and O–H groups in total. The van der Waals surface area contributed by atoms with E-state index in [0.717, 1.165) is 20.8 Å². The fraction of sp³-hybridized carbons (Fsp3) is 0.0870. The molecule has 1 heterocycles. The third-order valence-electron chi connectivity index (χ3n) is 4.50. The van der Waals surface area contributed by atoms with E-state index in [2.05, 4.69) is 28.6 Å². The lowest BCUT2D eigenvalue weighted by molar-refractivity contribution is -0.133. The molecule has 2 amide bonds. The van der Waals surface area contributed by atoms with E-state index >= 15 is 0 Å². The molecule has 4 aromatic rings. The molecule has 150 valence electrons. The fourth-order valence-electron chi connectivity index (χ4n) is 2.97. The normalized spacial score (nSPS) is 10.6. The van der Waals surface area contributed by atoms with Gasteiger partial charge in [-0.2, -0.15) is 0 Å². The van der Waals surface area contributed by atoms with Crippen LogP contribution in [-0.2, 0) is 9.59 Å². The quantitative estimate of drug-likeness (QED) is 0.465. The van der Waals surface area contributed by atoms with Crippen LogP contribution in [0.15, 0.2) is 66.7 Å². The van der Waals surface area contributed by atoms with Crippen LogP contribution < -0.4 is 15.4 Å². The molecule has 0 radical (unpaired) electrons. The molecule has 0 bridgehead atoms. The molecule has 0 fully saturated rings. The summed E-state index contributed by atoms with van der Waals surface area (Å²) in [4.78, 5) is 29.1. The monoisotopic (exact) mass is 417 g/mol. The molecule has 6 nitrogen and oxygen atoms in total. The molecule has 0 saturated carbocycles. The maximum atomic E-state index is 12.2. The highest BCUT2D eigenvalue weighted by Crippen LogP contribution is 2.31. The van der Waals surface area contributed by atoms with Gasteiger partial charge in [-0.15, -0.1) is 11.3 Å². The number of nitrogens with one attached hydrogen (secondary N) is 2. The van der Waals surface area contributed by atoms with Gasteiger partial charge in [0.05, 0.1) is 23.0 Å². The van der Waals surface area contributed by atoms with Crippen LogP contribution in [0.2, 0.25) is 0 Å². The zero-order valence-electron chi connectivity index (χ0n) is 16.4. The minimum absolute atomic E-state index is 0.432. The second-order valence-electron chi connectivity index (χ2n) is 6.68. The number of hydrogen-bond donors (Lipinski definition) is 2. The van der Waals surface area contributed by atoms with E-state index in [1.807, 2.05) is 24.3 Å². The van der Waals surface area contributed by atoms with Crippen molar-refractivity contribution in [2.75, 3.05) is 17.7 Å². The maximum absolute atomic E-state index is 12.2. The molecule has 0 aliphatic heterocycles. The maximum Gasteiger partial charge on any atom is 0.314 e. The van der Waals surface area contributed by atoms with Crippen molar-refractivity contribution in [3.8, 4) is 16.3 Å². The Labute approximate surface area is 177 Å². The van der Waals surface area contributed by atoms with Gasteiger partial charge < -0.3 is 15.4 Å². The predicted octanol–water partition coefficient (Wildman–Crippen LogP) is 4.86. The van der Waals surface area contributed by atoms with Crippen LogP contribution in [0.4, 0.5) is 11.4 Å². The summed E-state index contributed by atoms with van der Waals surface area (Å²) in [5.74, 6) is -1.05. The standard InChI is InChI=1S/C23H19N3O3S/c1-14-7-12-18-20(13-14)30-23(26-18)15-8-10-16(11-9-15)24-21(27)22(28)25-17-5-3-4-6-19(17)29-2/h3-13H,1-2H3,(H,24,27)(H,25,28). The van der Waals surface area contributed by atoms with Crippen LogP contribution in [0, 0.1) is 6.92 Å². The van der Waals surface area contributed by atoms with Crippen molar-refractivity contribution >= 4 is 44.7 Å². The Balaban J connectivity index is 1.44. The van der Waals surface area contributed by atoms with E-state index in [-0.39, 0.29) is 0 Å². The number of amides is 2. The average molecular weight is 417 g/mol. The van der Waals surface area contributed by atoms with Gasteiger partial charge in [0.25, 0.3) is 0 Å². The SMILES string of the molecule is COc1ccccc1NC(=O)C(=O)Nc1ccc(-c2nc3ccc(C)cc3s2)cc1. The number of thiazole rings is 1. The highest BCUT2D eigenvalue weighted by molar-refractivity contribution is 7.21. The van der Waals surface area contributed by atoms with Crippen LogP contribution in [0.3, 0.4) is 0 Å². The number of methoxy groups -OCH3 is 1. The lowest BCUT2D eigenvalue weighted by Crippen LogP contribution is -2.29. The molecular weight excluding hydrogens is 398 g/mol. The topological polar surface area (TPSA) is 80.3 Å². The van der Waals surface area contributed by atoms with Crippen LogP contribution in [-0.4, -0.2) is 23.9 Å². The van der Waals surface area contributed by atoms with Crippen molar-refractivity contribution in [3.63, 3.8) is 0 Å². The minimum atomic E-state index is -0.773. The van der Waals surface area contributed by atoms with E-state index in [0.29, 0.717) is 17.1 Å². The first-order valence-electron chi connectivity index (χ1n) is 9.26. The Hall–Kier alpha value is -3.71. The molecule has 0 aliphatic carbocycles. The summed E-state index contributed by atoms with van der Waals surface area (Å²) >= 11 is 1.62. The lowest BCUT2D eigenvalue weighted by Gasteiger charge is -2.10. The number of fused-ring (bicyclic) bond motifs is 1. The van der Waals surface area contributed by atoms with Crippen molar-refractivity contribution in [2.24, 2.45) is 0 Å². The number of carbonyl (C=O) groups excluding carboxylic acids is 2. The molecule has 4 rings (SSSR count). The van der Waals surface area contributed by atoms with Gasteiger partial charge in [-0.05, 0) is 61.0 Å². The number of hydrogen-bond acceptors (Lipinski definition) is 5. The summed E-state index contributed by atoms with van der Waals surface area (Å²) in [7, 11) is 1.50. The highest BCUT2D eigenvalue weighted by atomic mass is 32.1. The summed E-state index contributed by atoms with van der Waals surface area (Å²) < 4.78 is 6.31. The van der Waals surface area contributed by atoms with Gasteiger partial charge in [0.2, 0.25) is 0 Å². The Morgan fingerprint density at radius 2 is 1.67 bits per heavy atom. The number of aromatic nitrogens is 1. The van der Waals surface area contributed by atoms with Crippen LogP contribution in [0.1, 0.15) is 5.56 Å². The summed E-state index contributed by atoms with van der Waals surface area (Å²) in [6, 6.07) is 20.3. The molecule has 0 saturated heterocycles. The summed E-state index contributed by atoms with van der Waals surface area (Å²) in [6.07, 6.45) is 0. The number of rotatable bonds is 4. The van der Waals surface area contributed by atoms with Crippen molar-refractivity contribution < 1.29 is 14.3 Å². The number of para-hydroxylation sites is 2. The number of carbonyl (C=O) groups is 2. The van der Waals surface area contributed by atoms with Gasteiger partial charge in [0, 0.05) is 11.3 Å². The largest absolute Gasteiger partial charge is 0.495 e. The molecule has 3 aromatic carbocycles. The molecule has 30 heavy (non-hydrogen) atoms. The van der Waals surface area contributed by atoms with Crippen LogP contribution >= 0.6 is 11.3 Å². The Bertz CT molecular complexity index is 1230. The van der Waals surface area contributed by atoms with Gasteiger partial charge in [0.15, 0.2) is 0 Å². The highest BCUT2D eigenvalue weighted by Gasteiger charge is 2.16. The van der Waals surface area contributed by atoms with Crippen molar-refractivity contribution in [2.45, 2.75) is 6.92 Å². The van der Waals surface area contributed by atoms with Crippen LogP contribution in [0.25, 0.3) is 20.8 Å². The molecule has 1 aromatic heterocycles. The van der Waals surface area contributed by atoms with Gasteiger partial charge in [-0.1, -0.05) is 18.2 Å². The second-order valence-corrected chi connectivity index (χ2v) is 7.71. The Morgan fingerprint density at radius 1 is 0.933 bits per heavy atom. The molecule has 7 heteroatoms. The zero-order chi connectivity index (χ0) is 21.1. The number of ether oxygens (including phenoxy) is 1. The fourth-order valence-corrected chi connectivity index (χ4v) is 4.04. The van der Waals surface area contributed by atoms with E-state index in [1.54, 1.807) is 47.7 Å². The zero-order valence-corrected chi connectivity index (χ0v) is 17.2.